The molecule has 1 unspecified atom stereocenters. The Hall–Kier alpha value is -2.50. The first-order chi connectivity index (χ1) is 13.3. The lowest BCUT2D eigenvalue weighted by atomic mass is 10.0. The van der Waals surface area contributed by atoms with Gasteiger partial charge in [0.2, 0.25) is 0 Å². The molecule has 1 atom stereocenters. The average molecular weight is 362 g/mol. The third-order valence-corrected chi connectivity index (χ3v) is 5.14. The molecular formula is C22H26N4O. The lowest BCUT2D eigenvalue weighted by Crippen LogP contribution is -2.44. The molecule has 0 amide bonds. The van der Waals surface area contributed by atoms with Crippen LogP contribution >= 0.6 is 0 Å². The van der Waals surface area contributed by atoms with Gasteiger partial charge >= 0.3 is 0 Å². The summed E-state index contributed by atoms with van der Waals surface area (Å²) in [6.45, 7) is 8.89. The van der Waals surface area contributed by atoms with E-state index in [0.29, 0.717) is 6.61 Å². The highest BCUT2D eigenvalue weighted by molar-refractivity contribution is 5.93. The largest absolute Gasteiger partial charge is 0.493 e. The van der Waals surface area contributed by atoms with Gasteiger partial charge in [-0.15, -0.1) is 0 Å². The molecule has 5 heteroatoms. The molecule has 0 bridgehead atoms. The highest BCUT2D eigenvalue weighted by atomic mass is 16.5. The molecule has 2 heterocycles. The van der Waals surface area contributed by atoms with E-state index in [9.17, 15) is 0 Å². The summed E-state index contributed by atoms with van der Waals surface area (Å²) in [5, 5.41) is 4.47. The van der Waals surface area contributed by atoms with Gasteiger partial charge in [-0.05, 0) is 32.0 Å². The van der Waals surface area contributed by atoms with Gasteiger partial charge in [-0.1, -0.05) is 30.3 Å². The van der Waals surface area contributed by atoms with Gasteiger partial charge in [0.1, 0.15) is 11.6 Å². The van der Waals surface area contributed by atoms with Crippen molar-refractivity contribution in [3.05, 3.63) is 54.4 Å². The third-order valence-electron chi connectivity index (χ3n) is 5.14. The van der Waals surface area contributed by atoms with Crippen LogP contribution in [-0.4, -0.2) is 47.7 Å². The Labute approximate surface area is 160 Å². The molecule has 5 nitrogen and oxygen atoms in total. The van der Waals surface area contributed by atoms with Gasteiger partial charge in [0.15, 0.2) is 0 Å². The van der Waals surface area contributed by atoms with E-state index in [2.05, 4.69) is 35.3 Å². The highest BCUT2D eigenvalue weighted by Gasteiger charge is 2.22. The predicted octanol–water partition coefficient (Wildman–Crippen LogP) is 3.66. The summed E-state index contributed by atoms with van der Waals surface area (Å²) in [5.41, 5.74) is 2.94. The Morgan fingerprint density at radius 3 is 2.59 bits per heavy atom. The molecule has 4 rings (SSSR count). The zero-order valence-electron chi connectivity index (χ0n) is 16.0. The number of aromatic nitrogens is 2. The quantitative estimate of drug-likeness (QED) is 0.751. The predicted molar refractivity (Wildman–Crippen MR) is 109 cm³/mol. The standard InChI is InChI=1S/C22H26N4O/c1-3-27-20-11-7-5-9-18(20)21-17-8-4-6-10-19(17)24-22(25-21)16(2)26-14-12-23-13-15-26/h4-11,16,23H,3,12-15H2,1-2H3. The van der Waals surface area contributed by atoms with E-state index in [4.69, 9.17) is 14.7 Å². The van der Waals surface area contributed by atoms with Gasteiger partial charge in [-0.3, -0.25) is 4.90 Å². The fraction of sp³-hybridized carbons (Fsp3) is 0.364. The molecule has 0 radical (unpaired) electrons. The Morgan fingerprint density at radius 2 is 1.78 bits per heavy atom. The minimum absolute atomic E-state index is 0.176. The second kappa shape index (κ2) is 8.03. The minimum Gasteiger partial charge on any atom is -0.493 e. The Bertz CT molecular complexity index is 921. The van der Waals surface area contributed by atoms with Crippen LogP contribution in [0.1, 0.15) is 25.7 Å². The van der Waals surface area contributed by atoms with Gasteiger partial charge in [0.05, 0.1) is 23.9 Å². The van der Waals surface area contributed by atoms with Crippen LogP contribution in [0.5, 0.6) is 5.75 Å². The summed E-state index contributed by atoms with van der Waals surface area (Å²) in [7, 11) is 0. The van der Waals surface area contributed by atoms with Crippen molar-refractivity contribution < 1.29 is 4.74 Å². The van der Waals surface area contributed by atoms with E-state index in [0.717, 1.165) is 59.9 Å². The first-order valence-corrected chi connectivity index (χ1v) is 9.71. The SMILES string of the molecule is CCOc1ccccc1-c1nc(C(C)N2CCNCC2)nc2ccccc12. The number of hydrogen-bond donors (Lipinski definition) is 1. The summed E-state index contributed by atoms with van der Waals surface area (Å²) in [5.74, 6) is 1.74. The second-order valence-electron chi connectivity index (χ2n) is 6.84. The number of benzene rings is 2. The van der Waals surface area contributed by atoms with Gasteiger partial charge in [0, 0.05) is 37.1 Å². The van der Waals surface area contributed by atoms with Crippen molar-refractivity contribution in [3.63, 3.8) is 0 Å². The molecule has 140 valence electrons. The summed E-state index contributed by atoms with van der Waals surface area (Å²) in [6, 6.07) is 16.5. The molecule has 1 N–H and O–H groups in total. The number of fused-ring (bicyclic) bond motifs is 1. The molecule has 1 saturated heterocycles. The lowest BCUT2D eigenvalue weighted by molar-refractivity contribution is 0.179. The minimum atomic E-state index is 0.176. The maximum absolute atomic E-state index is 5.88. The van der Waals surface area contributed by atoms with Crippen LogP contribution in [0.4, 0.5) is 0 Å². The van der Waals surface area contributed by atoms with Crippen LogP contribution < -0.4 is 10.1 Å². The molecule has 2 aromatic carbocycles. The van der Waals surface area contributed by atoms with Crippen LogP contribution in [0.15, 0.2) is 48.5 Å². The van der Waals surface area contributed by atoms with Crippen molar-refractivity contribution in [2.24, 2.45) is 0 Å². The van der Waals surface area contributed by atoms with Gasteiger partial charge in [0.25, 0.3) is 0 Å². The highest BCUT2D eigenvalue weighted by Crippen LogP contribution is 2.34. The van der Waals surface area contributed by atoms with Gasteiger partial charge in [-0.25, -0.2) is 9.97 Å². The van der Waals surface area contributed by atoms with Crippen LogP contribution in [0.25, 0.3) is 22.2 Å². The van der Waals surface area contributed by atoms with Crippen molar-refractivity contribution >= 4 is 10.9 Å². The van der Waals surface area contributed by atoms with E-state index >= 15 is 0 Å². The van der Waals surface area contributed by atoms with E-state index < -0.39 is 0 Å². The maximum Gasteiger partial charge on any atom is 0.146 e. The third kappa shape index (κ3) is 3.66. The summed E-state index contributed by atoms with van der Waals surface area (Å²) >= 11 is 0. The van der Waals surface area contributed by atoms with Gasteiger partial charge in [-0.2, -0.15) is 0 Å². The van der Waals surface area contributed by atoms with E-state index in [1.165, 1.54) is 0 Å². The van der Waals surface area contributed by atoms with Crippen molar-refractivity contribution in [3.8, 4) is 17.0 Å². The summed E-state index contributed by atoms with van der Waals surface area (Å²) in [6.07, 6.45) is 0. The van der Waals surface area contributed by atoms with Crippen LogP contribution in [0, 0.1) is 0 Å². The first-order valence-electron chi connectivity index (χ1n) is 9.71. The fourth-order valence-electron chi connectivity index (χ4n) is 3.66. The zero-order chi connectivity index (χ0) is 18.6. The molecule has 0 spiro atoms. The molecule has 1 aliphatic rings. The van der Waals surface area contributed by atoms with E-state index in [1.807, 2.05) is 37.3 Å². The fourth-order valence-corrected chi connectivity index (χ4v) is 3.66. The Balaban J connectivity index is 1.84. The topological polar surface area (TPSA) is 50.3 Å². The van der Waals surface area contributed by atoms with Crippen LogP contribution in [-0.2, 0) is 0 Å². The zero-order valence-corrected chi connectivity index (χ0v) is 16.0. The number of ether oxygens (including phenoxy) is 1. The summed E-state index contributed by atoms with van der Waals surface area (Å²) < 4.78 is 5.88. The number of nitrogens with zero attached hydrogens (tertiary/aromatic N) is 3. The number of para-hydroxylation sites is 2. The molecule has 27 heavy (non-hydrogen) atoms. The average Bonchev–Trinajstić information content (AvgIpc) is 2.74. The maximum atomic E-state index is 5.88. The summed E-state index contributed by atoms with van der Waals surface area (Å²) in [4.78, 5) is 12.4. The Kier molecular flexibility index (Phi) is 5.32. The molecule has 3 aromatic rings. The van der Waals surface area contributed by atoms with Crippen molar-refractivity contribution in [1.82, 2.24) is 20.2 Å². The number of piperazine rings is 1. The second-order valence-corrected chi connectivity index (χ2v) is 6.84. The van der Waals surface area contributed by atoms with Crippen LogP contribution in [0.2, 0.25) is 0 Å². The van der Waals surface area contributed by atoms with Gasteiger partial charge < -0.3 is 10.1 Å². The molecule has 1 aromatic heterocycles. The molecule has 1 fully saturated rings. The smallest absolute Gasteiger partial charge is 0.146 e. The normalized spacial score (nSPS) is 16.4. The van der Waals surface area contributed by atoms with E-state index in [1.54, 1.807) is 0 Å². The van der Waals surface area contributed by atoms with Crippen molar-refractivity contribution in [2.45, 2.75) is 19.9 Å². The molecule has 1 aliphatic heterocycles. The monoisotopic (exact) mass is 362 g/mol. The first kappa shape index (κ1) is 17.9. The van der Waals surface area contributed by atoms with E-state index in [-0.39, 0.29) is 6.04 Å². The van der Waals surface area contributed by atoms with Crippen molar-refractivity contribution in [1.29, 1.82) is 0 Å². The lowest BCUT2D eigenvalue weighted by Gasteiger charge is -2.32. The Morgan fingerprint density at radius 1 is 1.04 bits per heavy atom. The number of hydrogen-bond acceptors (Lipinski definition) is 5. The van der Waals surface area contributed by atoms with Crippen LogP contribution in [0.3, 0.4) is 0 Å². The molecule has 0 saturated carbocycles. The van der Waals surface area contributed by atoms with Crippen molar-refractivity contribution in [2.75, 3.05) is 32.8 Å². The molecule has 0 aliphatic carbocycles. The number of rotatable bonds is 5. The number of nitrogens with one attached hydrogen (secondary N) is 1. The molecular weight excluding hydrogens is 336 g/mol.